The number of aromatic nitrogens is 1. The predicted molar refractivity (Wildman–Crippen MR) is 93.9 cm³/mol. The highest BCUT2D eigenvalue weighted by Crippen LogP contribution is 2.33. The number of ether oxygens (including phenoxy) is 3. The van der Waals surface area contributed by atoms with E-state index in [-0.39, 0.29) is 11.6 Å². The highest BCUT2D eigenvalue weighted by atomic mass is 16.6. The molecule has 0 unspecified atom stereocenters. The Morgan fingerprint density at radius 3 is 2.62 bits per heavy atom. The Morgan fingerprint density at radius 1 is 1.08 bits per heavy atom. The zero-order valence-electron chi connectivity index (χ0n) is 14.0. The molecule has 0 saturated carbocycles. The van der Waals surface area contributed by atoms with Crippen LogP contribution in [-0.4, -0.2) is 31.2 Å². The summed E-state index contributed by atoms with van der Waals surface area (Å²) in [5.41, 5.74) is 1.52. The van der Waals surface area contributed by atoms with Crippen LogP contribution in [0.4, 0.5) is 5.69 Å². The number of carbonyl (C=O) groups excluding carboxylic acids is 1. The first kappa shape index (κ1) is 16.0. The smallest absolute Gasteiger partial charge is 0.278 e. The number of anilines is 1. The molecule has 0 radical (unpaired) electrons. The second-order valence-corrected chi connectivity index (χ2v) is 5.57. The van der Waals surface area contributed by atoms with Crippen LogP contribution in [0.2, 0.25) is 0 Å². The average Bonchev–Trinajstić information content (AvgIpc) is 3.18. The number of methoxy groups -OCH3 is 1. The highest BCUT2D eigenvalue weighted by Gasteiger charge is 2.20. The molecule has 2 heterocycles. The van der Waals surface area contributed by atoms with Crippen molar-refractivity contribution in [2.24, 2.45) is 0 Å². The lowest BCUT2D eigenvalue weighted by Crippen LogP contribution is -2.17. The standard InChI is InChI=1S/C19H16N2O5/c1-23-14-5-2-12(3-6-14)18-17(20-11-26-18)19(22)21-13-4-7-15-16(10-13)25-9-8-24-15/h2-7,10-11H,8-9H2,1H3,(H,21,22). The molecule has 132 valence electrons. The second kappa shape index (κ2) is 6.79. The van der Waals surface area contributed by atoms with Gasteiger partial charge in [-0.3, -0.25) is 4.79 Å². The Balaban J connectivity index is 1.56. The van der Waals surface area contributed by atoms with Crippen molar-refractivity contribution in [3.05, 3.63) is 54.6 Å². The van der Waals surface area contributed by atoms with Gasteiger partial charge in [0.25, 0.3) is 5.91 Å². The summed E-state index contributed by atoms with van der Waals surface area (Å²) in [7, 11) is 1.59. The summed E-state index contributed by atoms with van der Waals surface area (Å²) < 4.78 is 21.6. The van der Waals surface area contributed by atoms with Crippen molar-refractivity contribution in [3.63, 3.8) is 0 Å². The molecule has 7 nitrogen and oxygen atoms in total. The van der Waals surface area contributed by atoms with Gasteiger partial charge in [0.1, 0.15) is 19.0 Å². The summed E-state index contributed by atoms with van der Waals surface area (Å²) >= 11 is 0. The van der Waals surface area contributed by atoms with Crippen LogP contribution in [0, 0.1) is 0 Å². The normalized spacial score (nSPS) is 12.5. The molecule has 1 aliphatic heterocycles. The van der Waals surface area contributed by atoms with E-state index < -0.39 is 0 Å². The van der Waals surface area contributed by atoms with Crippen LogP contribution < -0.4 is 19.5 Å². The Bertz CT molecular complexity index is 933. The molecule has 1 aliphatic rings. The summed E-state index contributed by atoms with van der Waals surface area (Å²) in [5, 5.41) is 2.81. The van der Waals surface area contributed by atoms with Crippen LogP contribution in [0.25, 0.3) is 11.3 Å². The van der Waals surface area contributed by atoms with Crippen LogP contribution in [0.5, 0.6) is 17.2 Å². The zero-order valence-corrected chi connectivity index (χ0v) is 14.0. The van der Waals surface area contributed by atoms with Crippen LogP contribution in [0.1, 0.15) is 10.5 Å². The number of hydrogen-bond acceptors (Lipinski definition) is 6. The van der Waals surface area contributed by atoms with Crippen molar-refractivity contribution in [3.8, 4) is 28.6 Å². The maximum Gasteiger partial charge on any atom is 0.278 e. The summed E-state index contributed by atoms with van der Waals surface area (Å²) in [6, 6.07) is 12.4. The lowest BCUT2D eigenvalue weighted by molar-refractivity contribution is 0.102. The van der Waals surface area contributed by atoms with Crippen LogP contribution in [0.15, 0.2) is 53.3 Å². The van der Waals surface area contributed by atoms with Crippen molar-refractivity contribution >= 4 is 11.6 Å². The van der Waals surface area contributed by atoms with Gasteiger partial charge < -0.3 is 23.9 Å². The number of fused-ring (bicyclic) bond motifs is 1. The quantitative estimate of drug-likeness (QED) is 0.775. The van der Waals surface area contributed by atoms with E-state index in [4.69, 9.17) is 18.6 Å². The minimum Gasteiger partial charge on any atom is -0.497 e. The van der Waals surface area contributed by atoms with E-state index in [1.165, 1.54) is 6.39 Å². The molecule has 7 heteroatoms. The molecular weight excluding hydrogens is 336 g/mol. The molecule has 2 aromatic carbocycles. The SMILES string of the molecule is COc1ccc(-c2ocnc2C(=O)Nc2ccc3c(c2)OCCO3)cc1. The molecular formula is C19H16N2O5. The largest absolute Gasteiger partial charge is 0.497 e. The molecule has 0 atom stereocenters. The minimum absolute atomic E-state index is 0.199. The molecule has 3 aromatic rings. The summed E-state index contributed by atoms with van der Waals surface area (Å²) in [5.74, 6) is 2.00. The van der Waals surface area contributed by atoms with Gasteiger partial charge in [0, 0.05) is 17.3 Å². The Kier molecular flexibility index (Phi) is 4.18. The fraction of sp³-hybridized carbons (Fsp3) is 0.158. The van der Waals surface area contributed by atoms with Crippen molar-refractivity contribution in [2.75, 3.05) is 25.6 Å². The molecule has 0 bridgehead atoms. The van der Waals surface area contributed by atoms with Gasteiger partial charge in [-0.05, 0) is 36.4 Å². The molecule has 0 aliphatic carbocycles. The third kappa shape index (κ3) is 3.06. The first-order valence-electron chi connectivity index (χ1n) is 8.03. The Morgan fingerprint density at radius 2 is 1.85 bits per heavy atom. The van der Waals surface area contributed by atoms with Gasteiger partial charge >= 0.3 is 0 Å². The van der Waals surface area contributed by atoms with E-state index in [1.54, 1.807) is 49.6 Å². The molecule has 1 N–H and O–H groups in total. The Hall–Kier alpha value is -3.48. The monoisotopic (exact) mass is 352 g/mol. The first-order valence-corrected chi connectivity index (χ1v) is 8.03. The number of benzene rings is 2. The highest BCUT2D eigenvalue weighted by molar-refractivity contribution is 6.06. The maximum atomic E-state index is 12.6. The van der Waals surface area contributed by atoms with E-state index in [9.17, 15) is 4.79 Å². The van der Waals surface area contributed by atoms with Crippen LogP contribution in [0.3, 0.4) is 0 Å². The molecule has 1 aromatic heterocycles. The van der Waals surface area contributed by atoms with Crippen molar-refractivity contribution in [1.82, 2.24) is 4.98 Å². The lowest BCUT2D eigenvalue weighted by Gasteiger charge is -2.18. The molecule has 0 fully saturated rings. The summed E-state index contributed by atoms with van der Waals surface area (Å²) in [6.45, 7) is 0.998. The molecule has 0 spiro atoms. The molecule has 0 saturated heterocycles. The van der Waals surface area contributed by atoms with Gasteiger partial charge in [-0.25, -0.2) is 4.98 Å². The van der Waals surface area contributed by atoms with Crippen molar-refractivity contribution < 1.29 is 23.4 Å². The molecule has 26 heavy (non-hydrogen) atoms. The Labute approximate surface area is 149 Å². The first-order chi connectivity index (χ1) is 12.7. The van der Waals surface area contributed by atoms with E-state index >= 15 is 0 Å². The van der Waals surface area contributed by atoms with Gasteiger partial charge in [0.2, 0.25) is 0 Å². The van der Waals surface area contributed by atoms with E-state index in [0.717, 1.165) is 11.3 Å². The van der Waals surface area contributed by atoms with Gasteiger partial charge in [0.05, 0.1) is 7.11 Å². The third-order valence-corrected chi connectivity index (χ3v) is 3.93. The molecule has 4 rings (SSSR count). The van der Waals surface area contributed by atoms with Gasteiger partial charge in [-0.2, -0.15) is 0 Å². The molecule has 1 amide bonds. The number of hydrogen-bond donors (Lipinski definition) is 1. The topological polar surface area (TPSA) is 82.8 Å². The second-order valence-electron chi connectivity index (χ2n) is 5.57. The third-order valence-electron chi connectivity index (χ3n) is 3.93. The van der Waals surface area contributed by atoms with Crippen molar-refractivity contribution in [2.45, 2.75) is 0 Å². The number of oxazole rings is 1. The number of nitrogens with zero attached hydrogens (tertiary/aromatic N) is 1. The fourth-order valence-corrected chi connectivity index (χ4v) is 2.67. The average molecular weight is 352 g/mol. The number of nitrogens with one attached hydrogen (secondary N) is 1. The van der Waals surface area contributed by atoms with Gasteiger partial charge in [-0.1, -0.05) is 0 Å². The minimum atomic E-state index is -0.374. The van der Waals surface area contributed by atoms with E-state index in [0.29, 0.717) is 36.2 Å². The van der Waals surface area contributed by atoms with Crippen LogP contribution >= 0.6 is 0 Å². The van der Waals surface area contributed by atoms with Crippen LogP contribution in [-0.2, 0) is 0 Å². The number of amides is 1. The summed E-state index contributed by atoms with van der Waals surface area (Å²) in [4.78, 5) is 16.7. The predicted octanol–water partition coefficient (Wildman–Crippen LogP) is 3.37. The zero-order chi connectivity index (χ0) is 17.9. The number of rotatable bonds is 4. The van der Waals surface area contributed by atoms with E-state index in [2.05, 4.69) is 10.3 Å². The maximum absolute atomic E-state index is 12.6. The van der Waals surface area contributed by atoms with Gasteiger partial charge in [0.15, 0.2) is 29.3 Å². The van der Waals surface area contributed by atoms with Crippen molar-refractivity contribution in [1.29, 1.82) is 0 Å². The van der Waals surface area contributed by atoms with Gasteiger partial charge in [-0.15, -0.1) is 0 Å². The van der Waals surface area contributed by atoms with E-state index in [1.807, 2.05) is 0 Å². The summed E-state index contributed by atoms with van der Waals surface area (Å²) in [6.07, 6.45) is 1.25. The fourth-order valence-electron chi connectivity index (χ4n) is 2.67. The number of carbonyl (C=O) groups is 1. The lowest BCUT2D eigenvalue weighted by atomic mass is 10.1.